The summed E-state index contributed by atoms with van der Waals surface area (Å²) in [5.41, 5.74) is 3.63. The Morgan fingerprint density at radius 3 is 2.75 bits per heavy atom. The molecule has 0 aliphatic heterocycles. The molecule has 0 saturated heterocycles. The van der Waals surface area contributed by atoms with Crippen LogP contribution in [0.15, 0.2) is 30.3 Å². The highest BCUT2D eigenvalue weighted by Crippen LogP contribution is 2.35. The number of amides is 2. The molecule has 4 rings (SSSR count). The van der Waals surface area contributed by atoms with Crippen molar-refractivity contribution in [3.63, 3.8) is 0 Å². The molecule has 2 aromatic carbocycles. The summed E-state index contributed by atoms with van der Waals surface area (Å²) in [6.07, 6.45) is 4.81. The molecular weight excluding hydrogens is 300 g/mol. The minimum Gasteiger partial charge on any atom is -0.393 e. The summed E-state index contributed by atoms with van der Waals surface area (Å²) in [7, 11) is 1.81. The van der Waals surface area contributed by atoms with Crippen LogP contribution < -0.4 is 5.32 Å². The average Bonchev–Trinajstić information content (AvgIpc) is 3.18. The van der Waals surface area contributed by atoms with E-state index >= 15 is 0 Å². The minimum atomic E-state index is -0.267. The van der Waals surface area contributed by atoms with E-state index in [1.165, 1.54) is 16.5 Å². The summed E-state index contributed by atoms with van der Waals surface area (Å²) >= 11 is 0. The number of hydrogen-bond acceptors (Lipinski definition) is 2. The number of benzene rings is 2. The molecule has 0 heterocycles. The second-order valence-electron chi connectivity index (χ2n) is 7.18. The first-order chi connectivity index (χ1) is 11.6. The number of aryl methyl sites for hydroxylation is 2. The highest BCUT2D eigenvalue weighted by atomic mass is 16.3. The maximum atomic E-state index is 12.6. The number of nitrogens with zero attached hydrogens (tertiary/aromatic N) is 1. The first-order valence-electron chi connectivity index (χ1n) is 8.87. The van der Waals surface area contributed by atoms with Gasteiger partial charge in [-0.3, -0.25) is 0 Å². The fraction of sp³-hybridized carbons (Fsp3) is 0.450. The molecule has 0 aromatic heterocycles. The van der Waals surface area contributed by atoms with Gasteiger partial charge >= 0.3 is 6.03 Å². The Labute approximate surface area is 142 Å². The molecule has 0 bridgehead atoms. The molecule has 2 unspecified atom stereocenters. The number of carbonyl (C=O) groups excluding carboxylic acids is 1. The number of hydrogen-bond donors (Lipinski definition) is 2. The monoisotopic (exact) mass is 324 g/mol. The fourth-order valence-electron chi connectivity index (χ4n) is 4.23. The number of aliphatic hydroxyl groups excluding tert-OH is 1. The van der Waals surface area contributed by atoms with E-state index < -0.39 is 0 Å². The molecule has 2 atom stereocenters. The van der Waals surface area contributed by atoms with Crippen LogP contribution >= 0.6 is 0 Å². The Balaban J connectivity index is 1.53. The van der Waals surface area contributed by atoms with Crippen molar-refractivity contribution in [1.29, 1.82) is 0 Å². The van der Waals surface area contributed by atoms with Gasteiger partial charge in [-0.15, -0.1) is 0 Å². The Hall–Kier alpha value is -2.07. The van der Waals surface area contributed by atoms with E-state index in [1.54, 1.807) is 11.9 Å². The van der Waals surface area contributed by atoms with E-state index in [-0.39, 0.29) is 18.1 Å². The van der Waals surface area contributed by atoms with E-state index in [4.69, 9.17) is 0 Å². The molecule has 4 nitrogen and oxygen atoms in total. The average molecular weight is 324 g/mol. The number of anilines is 1. The van der Waals surface area contributed by atoms with Crippen molar-refractivity contribution >= 4 is 22.5 Å². The zero-order valence-electron chi connectivity index (χ0n) is 14.1. The fourth-order valence-corrected chi connectivity index (χ4v) is 4.23. The van der Waals surface area contributed by atoms with Crippen LogP contribution in [0.1, 0.15) is 30.4 Å². The summed E-state index contributed by atoms with van der Waals surface area (Å²) < 4.78 is 0. The maximum absolute atomic E-state index is 12.6. The second-order valence-corrected chi connectivity index (χ2v) is 7.18. The lowest BCUT2D eigenvalue weighted by atomic mass is 10.0. The molecule has 2 N–H and O–H groups in total. The van der Waals surface area contributed by atoms with Gasteiger partial charge in [0.1, 0.15) is 0 Å². The lowest BCUT2D eigenvalue weighted by molar-refractivity contribution is 0.116. The summed E-state index contributed by atoms with van der Waals surface area (Å²) in [5, 5.41) is 15.5. The Morgan fingerprint density at radius 2 is 2.00 bits per heavy atom. The third-order valence-corrected chi connectivity index (χ3v) is 5.59. The smallest absolute Gasteiger partial charge is 0.321 e. The molecule has 0 radical (unpaired) electrons. The zero-order valence-corrected chi connectivity index (χ0v) is 14.1. The quantitative estimate of drug-likeness (QED) is 0.907. The summed E-state index contributed by atoms with van der Waals surface area (Å²) in [5.74, 6) is 0.202. The molecule has 1 saturated carbocycles. The van der Waals surface area contributed by atoms with Crippen molar-refractivity contribution in [1.82, 2.24) is 4.90 Å². The summed E-state index contributed by atoms with van der Waals surface area (Å²) in [6, 6.07) is 10.4. The number of carbonyl (C=O) groups is 1. The minimum absolute atomic E-state index is 0.104. The van der Waals surface area contributed by atoms with Crippen LogP contribution in [0.5, 0.6) is 0 Å². The Morgan fingerprint density at radius 1 is 1.21 bits per heavy atom. The lowest BCUT2D eigenvalue weighted by Gasteiger charge is -2.24. The second kappa shape index (κ2) is 6.10. The SMILES string of the molecule is CN(CC1CCCC1O)C(=O)Nc1ccc2c3c(cccc13)CC2. The van der Waals surface area contributed by atoms with Crippen LogP contribution in [0.25, 0.3) is 10.8 Å². The van der Waals surface area contributed by atoms with Gasteiger partial charge in [-0.2, -0.15) is 0 Å². The number of urea groups is 1. The molecule has 2 amide bonds. The molecule has 24 heavy (non-hydrogen) atoms. The van der Waals surface area contributed by atoms with Crippen molar-refractivity contribution < 1.29 is 9.90 Å². The third-order valence-electron chi connectivity index (χ3n) is 5.59. The van der Waals surface area contributed by atoms with Gasteiger partial charge in [-0.05, 0) is 48.3 Å². The zero-order chi connectivity index (χ0) is 16.7. The van der Waals surface area contributed by atoms with Gasteiger partial charge in [-0.1, -0.05) is 30.7 Å². The van der Waals surface area contributed by atoms with Crippen molar-refractivity contribution in [2.24, 2.45) is 5.92 Å². The molecule has 2 aliphatic carbocycles. The Kier molecular flexibility index (Phi) is 3.93. The molecular formula is C20H24N2O2. The highest BCUT2D eigenvalue weighted by Gasteiger charge is 2.27. The van der Waals surface area contributed by atoms with Gasteiger partial charge in [0, 0.05) is 24.9 Å². The van der Waals surface area contributed by atoms with E-state index in [9.17, 15) is 9.90 Å². The van der Waals surface area contributed by atoms with Gasteiger partial charge in [0.05, 0.1) is 11.8 Å². The number of rotatable bonds is 3. The standard InChI is InChI=1S/C20H24N2O2/c1-22(12-15-5-3-7-18(15)23)20(24)21-17-11-10-14-9-8-13-4-2-6-16(17)19(13)14/h2,4,6,10-11,15,18,23H,3,5,7-9,12H2,1H3,(H,21,24). The molecule has 2 aromatic rings. The van der Waals surface area contributed by atoms with E-state index in [0.29, 0.717) is 6.54 Å². The molecule has 4 heteroatoms. The third kappa shape index (κ3) is 2.65. The van der Waals surface area contributed by atoms with Crippen LogP contribution in [-0.4, -0.2) is 35.7 Å². The largest absolute Gasteiger partial charge is 0.393 e. The van der Waals surface area contributed by atoms with Gasteiger partial charge in [0.15, 0.2) is 0 Å². The van der Waals surface area contributed by atoms with Crippen molar-refractivity contribution in [2.75, 3.05) is 18.9 Å². The van der Waals surface area contributed by atoms with Crippen LogP contribution in [0, 0.1) is 5.92 Å². The first kappa shape index (κ1) is 15.5. The first-order valence-corrected chi connectivity index (χ1v) is 8.87. The molecule has 0 spiro atoms. The maximum Gasteiger partial charge on any atom is 0.321 e. The topological polar surface area (TPSA) is 52.6 Å². The predicted molar refractivity (Wildman–Crippen MR) is 96.4 cm³/mol. The number of aliphatic hydroxyl groups is 1. The van der Waals surface area contributed by atoms with Gasteiger partial charge < -0.3 is 15.3 Å². The van der Waals surface area contributed by atoms with Crippen LogP contribution in [0.3, 0.4) is 0 Å². The molecule has 2 aliphatic rings. The van der Waals surface area contributed by atoms with Gasteiger partial charge in [-0.25, -0.2) is 4.79 Å². The molecule has 126 valence electrons. The van der Waals surface area contributed by atoms with Crippen molar-refractivity contribution in [3.05, 3.63) is 41.5 Å². The van der Waals surface area contributed by atoms with Crippen LogP contribution in [0.2, 0.25) is 0 Å². The number of nitrogens with one attached hydrogen (secondary N) is 1. The van der Waals surface area contributed by atoms with Crippen LogP contribution in [0.4, 0.5) is 10.5 Å². The van der Waals surface area contributed by atoms with Crippen LogP contribution in [-0.2, 0) is 12.8 Å². The van der Waals surface area contributed by atoms with Crippen molar-refractivity contribution in [3.8, 4) is 0 Å². The normalized spacial score (nSPS) is 22.1. The lowest BCUT2D eigenvalue weighted by Crippen LogP contribution is -2.37. The van der Waals surface area contributed by atoms with Crippen molar-refractivity contribution in [2.45, 2.75) is 38.2 Å². The summed E-state index contributed by atoms with van der Waals surface area (Å²) in [4.78, 5) is 14.3. The van der Waals surface area contributed by atoms with Gasteiger partial charge in [0.25, 0.3) is 0 Å². The van der Waals surface area contributed by atoms with E-state index in [2.05, 4.69) is 29.6 Å². The van der Waals surface area contributed by atoms with Gasteiger partial charge in [0.2, 0.25) is 0 Å². The highest BCUT2D eigenvalue weighted by molar-refractivity contribution is 6.04. The van der Waals surface area contributed by atoms with E-state index in [1.807, 2.05) is 6.07 Å². The summed E-state index contributed by atoms with van der Waals surface area (Å²) in [6.45, 7) is 0.605. The predicted octanol–water partition coefficient (Wildman–Crippen LogP) is 3.56. The van der Waals surface area contributed by atoms with E-state index in [0.717, 1.165) is 43.2 Å². The molecule has 1 fully saturated rings. The Bertz CT molecular complexity index is 776.